The Morgan fingerprint density at radius 2 is 1.97 bits per heavy atom. The van der Waals surface area contributed by atoms with Gasteiger partial charge in [-0.15, -0.1) is 5.10 Å². The molecule has 1 aliphatic heterocycles. The highest BCUT2D eigenvalue weighted by Crippen LogP contribution is 2.33. The number of aryl methyl sites for hydroxylation is 1. The Morgan fingerprint density at radius 3 is 2.77 bits per heavy atom. The Balaban J connectivity index is 1.64. The van der Waals surface area contributed by atoms with Crippen LogP contribution in [0, 0.1) is 6.92 Å². The second-order valence-corrected chi connectivity index (χ2v) is 8.42. The van der Waals surface area contributed by atoms with Crippen molar-refractivity contribution in [3.05, 3.63) is 51.6 Å². The number of nitrogens with one attached hydrogen (secondary N) is 1. The summed E-state index contributed by atoms with van der Waals surface area (Å²) in [6.45, 7) is 4.79. The van der Waals surface area contributed by atoms with E-state index in [0.717, 1.165) is 48.2 Å². The van der Waals surface area contributed by atoms with Crippen molar-refractivity contribution in [1.82, 2.24) is 30.1 Å². The van der Waals surface area contributed by atoms with E-state index in [0.29, 0.717) is 24.8 Å². The van der Waals surface area contributed by atoms with Crippen LogP contribution in [0.25, 0.3) is 10.9 Å². The number of ether oxygens (including phenoxy) is 1. The van der Waals surface area contributed by atoms with Crippen molar-refractivity contribution < 1.29 is 4.74 Å². The number of aromatic amines is 1. The van der Waals surface area contributed by atoms with Gasteiger partial charge in [-0.05, 0) is 47.2 Å². The van der Waals surface area contributed by atoms with Crippen molar-refractivity contribution in [3.63, 3.8) is 0 Å². The number of morpholine rings is 1. The summed E-state index contributed by atoms with van der Waals surface area (Å²) in [7, 11) is 0. The van der Waals surface area contributed by atoms with E-state index < -0.39 is 0 Å². The van der Waals surface area contributed by atoms with E-state index in [1.807, 2.05) is 35.9 Å². The summed E-state index contributed by atoms with van der Waals surface area (Å²) >= 11 is 0. The molecule has 1 aromatic carbocycles. The normalized spacial score (nSPS) is 19.9. The van der Waals surface area contributed by atoms with Crippen LogP contribution in [0.1, 0.15) is 61.1 Å². The number of benzene rings is 1. The van der Waals surface area contributed by atoms with Crippen molar-refractivity contribution in [2.75, 3.05) is 26.3 Å². The molecule has 5 rings (SSSR count). The van der Waals surface area contributed by atoms with Crippen molar-refractivity contribution in [2.45, 2.75) is 51.1 Å². The zero-order valence-corrected chi connectivity index (χ0v) is 17.4. The van der Waals surface area contributed by atoms with E-state index in [4.69, 9.17) is 4.74 Å². The summed E-state index contributed by atoms with van der Waals surface area (Å²) in [6, 6.07) is 8.11. The van der Waals surface area contributed by atoms with Crippen LogP contribution in [-0.4, -0.2) is 56.4 Å². The first-order valence-electron chi connectivity index (χ1n) is 10.9. The Kier molecular flexibility index (Phi) is 5.35. The highest BCUT2D eigenvalue weighted by atomic mass is 16.5. The second kappa shape index (κ2) is 8.28. The van der Waals surface area contributed by atoms with Gasteiger partial charge in [0.25, 0.3) is 5.56 Å². The van der Waals surface area contributed by atoms with E-state index in [-0.39, 0.29) is 11.6 Å². The molecule has 0 spiro atoms. The summed E-state index contributed by atoms with van der Waals surface area (Å²) in [6.07, 6.45) is 5.83. The van der Waals surface area contributed by atoms with Gasteiger partial charge < -0.3 is 9.72 Å². The van der Waals surface area contributed by atoms with Crippen molar-refractivity contribution >= 4 is 10.9 Å². The fourth-order valence-corrected chi connectivity index (χ4v) is 4.90. The van der Waals surface area contributed by atoms with Crippen molar-refractivity contribution in [1.29, 1.82) is 0 Å². The number of hydrogen-bond acceptors (Lipinski definition) is 6. The van der Waals surface area contributed by atoms with Crippen molar-refractivity contribution in [3.8, 4) is 0 Å². The Bertz CT molecular complexity index is 1080. The van der Waals surface area contributed by atoms with E-state index in [9.17, 15) is 4.79 Å². The van der Waals surface area contributed by atoms with E-state index in [1.54, 1.807) is 0 Å². The zero-order valence-electron chi connectivity index (χ0n) is 17.4. The van der Waals surface area contributed by atoms with E-state index >= 15 is 0 Å². The standard InChI is InChI=1S/C22H28N6O2/c1-15-6-5-7-16-14-18(22(29)23-19(15)16)20(27-10-12-30-13-11-27)21-24-25-26-28(21)17-8-3-2-4-9-17/h5-7,14,17,20H,2-4,8-13H2,1H3,(H,23,29). The van der Waals surface area contributed by atoms with Crippen LogP contribution in [0.4, 0.5) is 0 Å². The number of para-hydroxylation sites is 1. The number of tetrazole rings is 1. The van der Waals surface area contributed by atoms with Crippen LogP contribution in [0.3, 0.4) is 0 Å². The lowest BCUT2D eigenvalue weighted by Gasteiger charge is -2.34. The first-order valence-corrected chi connectivity index (χ1v) is 10.9. The van der Waals surface area contributed by atoms with Crippen molar-refractivity contribution in [2.24, 2.45) is 0 Å². The largest absolute Gasteiger partial charge is 0.379 e. The number of fused-ring (bicyclic) bond motifs is 1. The fraction of sp³-hybridized carbons (Fsp3) is 0.545. The predicted molar refractivity (Wildman–Crippen MR) is 113 cm³/mol. The molecule has 2 fully saturated rings. The van der Waals surface area contributed by atoms with Gasteiger partial charge in [0.2, 0.25) is 0 Å². The average Bonchev–Trinajstić information content (AvgIpc) is 3.26. The number of nitrogens with zero attached hydrogens (tertiary/aromatic N) is 5. The fourth-order valence-electron chi connectivity index (χ4n) is 4.90. The van der Waals surface area contributed by atoms with Crippen LogP contribution < -0.4 is 5.56 Å². The number of rotatable bonds is 4. The molecular weight excluding hydrogens is 380 g/mol. The van der Waals surface area contributed by atoms with Crippen LogP contribution in [0.2, 0.25) is 0 Å². The summed E-state index contributed by atoms with van der Waals surface area (Å²) in [5.41, 5.74) is 2.57. The van der Waals surface area contributed by atoms with E-state index in [1.165, 1.54) is 19.3 Å². The zero-order chi connectivity index (χ0) is 20.5. The molecule has 0 bridgehead atoms. The van der Waals surface area contributed by atoms with Gasteiger partial charge in [-0.1, -0.05) is 37.5 Å². The van der Waals surface area contributed by atoms with Crippen LogP contribution in [-0.2, 0) is 4.74 Å². The topological polar surface area (TPSA) is 88.9 Å². The molecule has 30 heavy (non-hydrogen) atoms. The molecule has 3 aromatic rings. The maximum absolute atomic E-state index is 13.3. The van der Waals surface area contributed by atoms with Gasteiger partial charge in [-0.3, -0.25) is 9.69 Å². The smallest absolute Gasteiger partial charge is 0.253 e. The molecule has 1 atom stereocenters. The third-order valence-electron chi connectivity index (χ3n) is 6.51. The van der Waals surface area contributed by atoms with Gasteiger partial charge in [0, 0.05) is 18.7 Å². The highest BCUT2D eigenvalue weighted by molar-refractivity contribution is 5.82. The molecule has 2 aromatic heterocycles. The lowest BCUT2D eigenvalue weighted by molar-refractivity contribution is 0.0209. The molecule has 158 valence electrons. The predicted octanol–water partition coefficient (Wildman–Crippen LogP) is 2.75. The summed E-state index contributed by atoms with van der Waals surface area (Å²) in [4.78, 5) is 18.7. The molecule has 1 saturated heterocycles. The second-order valence-electron chi connectivity index (χ2n) is 8.42. The minimum Gasteiger partial charge on any atom is -0.379 e. The van der Waals surface area contributed by atoms with Gasteiger partial charge in [-0.2, -0.15) is 0 Å². The number of hydrogen-bond donors (Lipinski definition) is 1. The quantitative estimate of drug-likeness (QED) is 0.714. The Morgan fingerprint density at radius 1 is 1.17 bits per heavy atom. The minimum atomic E-state index is -0.292. The number of pyridine rings is 1. The summed E-state index contributed by atoms with van der Waals surface area (Å²) < 4.78 is 7.57. The molecule has 1 aliphatic carbocycles. The lowest BCUT2D eigenvalue weighted by Crippen LogP contribution is -2.42. The van der Waals surface area contributed by atoms with Gasteiger partial charge in [0.15, 0.2) is 5.82 Å². The van der Waals surface area contributed by atoms with Gasteiger partial charge >= 0.3 is 0 Å². The molecule has 1 N–H and O–H groups in total. The maximum atomic E-state index is 13.3. The lowest BCUT2D eigenvalue weighted by atomic mass is 9.95. The highest BCUT2D eigenvalue weighted by Gasteiger charge is 2.33. The minimum absolute atomic E-state index is 0.0773. The first kappa shape index (κ1) is 19.4. The average molecular weight is 409 g/mol. The first-order chi connectivity index (χ1) is 14.7. The Labute approximate surface area is 175 Å². The van der Waals surface area contributed by atoms with Crippen LogP contribution in [0.15, 0.2) is 29.1 Å². The van der Waals surface area contributed by atoms with Gasteiger partial charge in [0.05, 0.1) is 24.8 Å². The third-order valence-corrected chi connectivity index (χ3v) is 6.51. The monoisotopic (exact) mass is 408 g/mol. The maximum Gasteiger partial charge on any atom is 0.253 e. The molecule has 1 unspecified atom stereocenters. The van der Waals surface area contributed by atoms with Gasteiger partial charge in [0.1, 0.15) is 6.04 Å². The van der Waals surface area contributed by atoms with E-state index in [2.05, 4.69) is 25.4 Å². The van der Waals surface area contributed by atoms with Gasteiger partial charge in [-0.25, -0.2) is 4.68 Å². The molecule has 3 heterocycles. The van der Waals surface area contributed by atoms with Crippen LogP contribution >= 0.6 is 0 Å². The van der Waals surface area contributed by atoms with Crippen LogP contribution in [0.5, 0.6) is 0 Å². The molecular formula is C22H28N6O2. The number of aromatic nitrogens is 5. The number of H-pyrrole nitrogens is 1. The molecule has 0 amide bonds. The molecule has 8 heteroatoms. The molecule has 8 nitrogen and oxygen atoms in total. The Hall–Kier alpha value is -2.58. The molecule has 0 radical (unpaired) electrons. The molecule has 1 saturated carbocycles. The SMILES string of the molecule is Cc1cccc2cc(C(c3nnnn3C3CCCCC3)N3CCOCC3)c(=O)[nH]c12. The summed E-state index contributed by atoms with van der Waals surface area (Å²) in [5, 5.41) is 13.9. The molecule has 2 aliphatic rings. The summed E-state index contributed by atoms with van der Waals surface area (Å²) in [5.74, 6) is 0.765. The third kappa shape index (κ3) is 3.54.